The Morgan fingerprint density at radius 1 is 1.03 bits per heavy atom. The average molecular weight is 441 g/mol. The molecule has 3 aromatic rings. The fraction of sp³-hybridized carbons (Fsp3) is 0.360. The van der Waals surface area contributed by atoms with Crippen LogP contribution in [0.1, 0.15) is 54.4 Å². The van der Waals surface area contributed by atoms with Crippen molar-refractivity contribution < 1.29 is 14.2 Å². The van der Waals surface area contributed by atoms with Crippen molar-refractivity contribution in [3.63, 3.8) is 0 Å². The minimum Gasteiger partial charge on any atom is -0.474 e. The molecule has 0 amide bonds. The summed E-state index contributed by atoms with van der Waals surface area (Å²) in [6.07, 6.45) is 9.84. The third-order valence-corrected chi connectivity index (χ3v) is 6.68. The maximum Gasteiger partial charge on any atom is 0.260 e. The predicted octanol–water partition coefficient (Wildman–Crippen LogP) is 3.95. The van der Waals surface area contributed by atoms with Gasteiger partial charge in [-0.05, 0) is 55.5 Å². The van der Waals surface area contributed by atoms with E-state index in [1.165, 1.54) is 0 Å². The first-order valence-electron chi connectivity index (χ1n) is 11.3. The van der Waals surface area contributed by atoms with Crippen LogP contribution in [0.5, 0.6) is 5.88 Å². The van der Waals surface area contributed by atoms with Crippen molar-refractivity contribution in [2.75, 3.05) is 0 Å². The highest BCUT2D eigenvalue weighted by atomic mass is 16.7. The molecule has 1 fully saturated rings. The SMILES string of the molecule is N#Cc1ccc2c(c1)CC1(Cc3nnc(C4CCC(Oc5ccccn5)CC4)n3-2)OC=CO1. The Bertz CT molecular complexity index is 1230. The number of pyridine rings is 1. The molecule has 1 saturated carbocycles. The molecule has 33 heavy (non-hydrogen) atoms. The topological polar surface area (TPSA) is 95.1 Å². The van der Waals surface area contributed by atoms with Gasteiger partial charge in [-0.1, -0.05) is 6.07 Å². The Labute approximate surface area is 191 Å². The largest absolute Gasteiger partial charge is 0.474 e. The molecule has 3 aliphatic rings. The number of aromatic nitrogens is 4. The zero-order valence-electron chi connectivity index (χ0n) is 18.1. The first-order valence-corrected chi connectivity index (χ1v) is 11.3. The monoisotopic (exact) mass is 441 g/mol. The number of benzene rings is 1. The summed E-state index contributed by atoms with van der Waals surface area (Å²) in [6.45, 7) is 0. The molecule has 166 valence electrons. The lowest BCUT2D eigenvalue weighted by atomic mass is 9.86. The Morgan fingerprint density at radius 3 is 2.64 bits per heavy atom. The van der Waals surface area contributed by atoms with E-state index in [9.17, 15) is 5.26 Å². The number of nitriles is 1. The van der Waals surface area contributed by atoms with Crippen LogP contribution in [-0.4, -0.2) is 31.6 Å². The summed E-state index contributed by atoms with van der Waals surface area (Å²) in [7, 11) is 0. The molecule has 0 bridgehead atoms. The maximum atomic E-state index is 9.44. The van der Waals surface area contributed by atoms with Gasteiger partial charge in [0.25, 0.3) is 5.79 Å². The second kappa shape index (κ2) is 7.93. The molecular formula is C25H23N5O3. The normalized spacial score (nSPS) is 22.4. The van der Waals surface area contributed by atoms with E-state index in [4.69, 9.17) is 14.2 Å². The summed E-state index contributed by atoms with van der Waals surface area (Å²) in [5, 5.41) is 18.6. The first kappa shape index (κ1) is 19.8. The molecule has 1 aliphatic carbocycles. The van der Waals surface area contributed by atoms with Crippen molar-refractivity contribution in [3.05, 3.63) is 77.9 Å². The number of hydrogen-bond donors (Lipinski definition) is 0. The van der Waals surface area contributed by atoms with E-state index >= 15 is 0 Å². The standard InChI is InChI=1S/C25H23N5O3/c26-16-17-4-9-21-19(13-17)14-25(31-11-12-32-25)15-22-28-29-24(30(21)22)18-5-7-20(8-6-18)33-23-3-1-2-10-27-23/h1-4,9-13,18,20H,5-8,14-15H2. The molecule has 0 N–H and O–H groups in total. The molecule has 0 atom stereocenters. The van der Waals surface area contributed by atoms with Crippen LogP contribution in [0.4, 0.5) is 0 Å². The van der Waals surface area contributed by atoms with Crippen LogP contribution in [0.3, 0.4) is 0 Å². The van der Waals surface area contributed by atoms with Crippen molar-refractivity contribution in [1.82, 2.24) is 19.7 Å². The van der Waals surface area contributed by atoms with Crippen LogP contribution in [0.15, 0.2) is 55.1 Å². The smallest absolute Gasteiger partial charge is 0.260 e. The predicted molar refractivity (Wildman–Crippen MR) is 117 cm³/mol. The molecule has 2 aliphatic heterocycles. The lowest BCUT2D eigenvalue weighted by Crippen LogP contribution is -2.35. The third-order valence-electron chi connectivity index (χ3n) is 6.68. The van der Waals surface area contributed by atoms with Gasteiger partial charge in [0.15, 0.2) is 0 Å². The molecule has 8 nitrogen and oxygen atoms in total. The molecule has 0 saturated heterocycles. The van der Waals surface area contributed by atoms with Crippen molar-refractivity contribution in [2.24, 2.45) is 0 Å². The van der Waals surface area contributed by atoms with E-state index in [0.29, 0.717) is 24.3 Å². The molecule has 2 aromatic heterocycles. The fourth-order valence-corrected chi connectivity index (χ4v) is 5.10. The Kier molecular flexibility index (Phi) is 4.75. The fourth-order valence-electron chi connectivity index (χ4n) is 5.10. The van der Waals surface area contributed by atoms with Crippen LogP contribution < -0.4 is 4.74 Å². The minimum atomic E-state index is -0.852. The summed E-state index contributed by atoms with van der Waals surface area (Å²) in [5.41, 5.74) is 2.59. The van der Waals surface area contributed by atoms with Crippen molar-refractivity contribution in [1.29, 1.82) is 5.26 Å². The molecule has 4 heterocycles. The van der Waals surface area contributed by atoms with Crippen molar-refractivity contribution >= 4 is 0 Å². The molecule has 0 radical (unpaired) electrons. The Morgan fingerprint density at radius 2 is 1.88 bits per heavy atom. The van der Waals surface area contributed by atoms with Gasteiger partial charge in [-0.3, -0.25) is 4.57 Å². The minimum absolute atomic E-state index is 0.155. The number of rotatable bonds is 3. The third kappa shape index (κ3) is 3.59. The van der Waals surface area contributed by atoms with Crippen LogP contribution >= 0.6 is 0 Å². The lowest BCUT2D eigenvalue weighted by Gasteiger charge is -2.28. The van der Waals surface area contributed by atoms with E-state index in [2.05, 4.69) is 25.8 Å². The molecule has 1 spiro atoms. The van der Waals surface area contributed by atoms with Crippen LogP contribution in [0.25, 0.3) is 5.69 Å². The summed E-state index contributed by atoms with van der Waals surface area (Å²) < 4.78 is 20.0. The Hall–Kier alpha value is -3.86. The van der Waals surface area contributed by atoms with Gasteiger partial charge in [0, 0.05) is 18.2 Å². The molecule has 6 rings (SSSR count). The van der Waals surface area contributed by atoms with Gasteiger partial charge in [-0.2, -0.15) is 5.26 Å². The van der Waals surface area contributed by atoms with Crippen molar-refractivity contribution in [3.8, 4) is 17.6 Å². The van der Waals surface area contributed by atoms with Crippen LogP contribution in [0.2, 0.25) is 0 Å². The van der Waals surface area contributed by atoms with Gasteiger partial charge in [-0.15, -0.1) is 10.2 Å². The van der Waals surface area contributed by atoms with E-state index in [-0.39, 0.29) is 12.0 Å². The van der Waals surface area contributed by atoms with Gasteiger partial charge < -0.3 is 14.2 Å². The number of nitrogens with zero attached hydrogens (tertiary/aromatic N) is 5. The molecule has 0 unspecified atom stereocenters. The van der Waals surface area contributed by atoms with Gasteiger partial charge in [0.05, 0.1) is 30.2 Å². The van der Waals surface area contributed by atoms with E-state index < -0.39 is 5.79 Å². The quantitative estimate of drug-likeness (QED) is 0.607. The summed E-state index contributed by atoms with van der Waals surface area (Å²) >= 11 is 0. The summed E-state index contributed by atoms with van der Waals surface area (Å²) in [4.78, 5) is 4.28. The van der Waals surface area contributed by atoms with E-state index in [0.717, 1.165) is 48.6 Å². The highest BCUT2D eigenvalue weighted by molar-refractivity contribution is 5.50. The van der Waals surface area contributed by atoms with Gasteiger partial charge in [-0.25, -0.2) is 4.98 Å². The van der Waals surface area contributed by atoms with Gasteiger partial charge >= 0.3 is 0 Å². The van der Waals surface area contributed by atoms with E-state index in [1.54, 1.807) is 18.7 Å². The number of ether oxygens (including phenoxy) is 3. The second-order valence-corrected chi connectivity index (χ2v) is 8.80. The maximum absolute atomic E-state index is 9.44. The van der Waals surface area contributed by atoms with Gasteiger partial charge in [0.1, 0.15) is 30.3 Å². The molecular weight excluding hydrogens is 418 g/mol. The highest BCUT2D eigenvalue weighted by Crippen LogP contribution is 2.39. The Balaban J connectivity index is 1.30. The zero-order chi connectivity index (χ0) is 22.3. The molecule has 1 aromatic carbocycles. The van der Waals surface area contributed by atoms with Gasteiger partial charge in [0.2, 0.25) is 5.88 Å². The number of fused-ring (bicyclic) bond motifs is 3. The highest BCUT2D eigenvalue weighted by Gasteiger charge is 2.42. The van der Waals surface area contributed by atoms with E-state index in [1.807, 2.05) is 36.4 Å². The second-order valence-electron chi connectivity index (χ2n) is 8.80. The number of hydrogen-bond acceptors (Lipinski definition) is 7. The summed E-state index contributed by atoms with van der Waals surface area (Å²) in [5.74, 6) is 1.86. The van der Waals surface area contributed by atoms with Crippen LogP contribution in [0, 0.1) is 11.3 Å². The zero-order valence-corrected chi connectivity index (χ0v) is 18.1. The average Bonchev–Trinajstić information content (AvgIpc) is 3.44. The van der Waals surface area contributed by atoms with Crippen molar-refractivity contribution in [2.45, 2.75) is 56.3 Å². The van der Waals surface area contributed by atoms with Crippen LogP contribution in [-0.2, 0) is 22.3 Å². The lowest BCUT2D eigenvalue weighted by molar-refractivity contribution is -0.139. The summed E-state index contributed by atoms with van der Waals surface area (Å²) in [6, 6.07) is 13.7. The first-order chi connectivity index (χ1) is 16.2. The molecule has 8 heteroatoms.